The third kappa shape index (κ3) is 2.81. The van der Waals surface area contributed by atoms with Crippen molar-refractivity contribution in [2.75, 3.05) is 12.8 Å². The van der Waals surface area contributed by atoms with Crippen LogP contribution in [-0.4, -0.2) is 25.0 Å². The van der Waals surface area contributed by atoms with Gasteiger partial charge in [-0.3, -0.25) is 0 Å². The summed E-state index contributed by atoms with van der Waals surface area (Å²) in [5.41, 5.74) is 7.05. The van der Waals surface area contributed by atoms with E-state index in [4.69, 9.17) is 11.0 Å². The molecule has 2 unspecified atom stereocenters. The van der Waals surface area contributed by atoms with E-state index in [-0.39, 0.29) is 6.04 Å². The summed E-state index contributed by atoms with van der Waals surface area (Å²) in [6.45, 7) is 3.13. The maximum absolute atomic E-state index is 12.0. The van der Waals surface area contributed by atoms with E-state index in [1.165, 1.54) is 18.3 Å². The van der Waals surface area contributed by atoms with Crippen LogP contribution in [0.2, 0.25) is 0 Å². The monoisotopic (exact) mass is 267 g/mol. The summed E-state index contributed by atoms with van der Waals surface area (Å²) in [6.07, 6.45) is 0. The fraction of sp³-hybridized carbons (Fsp3) is 0.417. The van der Waals surface area contributed by atoms with Gasteiger partial charge in [-0.15, -0.1) is 0 Å². The number of nitriles is 1. The molecule has 1 rings (SSSR count). The molecule has 0 amide bonds. The van der Waals surface area contributed by atoms with E-state index in [2.05, 4.69) is 0 Å². The summed E-state index contributed by atoms with van der Waals surface area (Å²) < 4.78 is 25.3. The molecule has 0 aromatic heterocycles. The van der Waals surface area contributed by atoms with Gasteiger partial charge in [0.1, 0.15) is 0 Å². The first-order valence-corrected chi connectivity index (χ1v) is 7.03. The minimum atomic E-state index is -3.62. The fourth-order valence-electron chi connectivity index (χ4n) is 1.57. The first-order valence-electron chi connectivity index (χ1n) is 5.52. The van der Waals surface area contributed by atoms with E-state index in [9.17, 15) is 8.42 Å². The lowest BCUT2D eigenvalue weighted by Crippen LogP contribution is -2.35. The molecule has 98 valence electrons. The zero-order chi connectivity index (χ0) is 13.9. The van der Waals surface area contributed by atoms with E-state index >= 15 is 0 Å². The van der Waals surface area contributed by atoms with Gasteiger partial charge in [-0.25, -0.2) is 8.42 Å². The second-order valence-corrected chi connectivity index (χ2v) is 6.49. The lowest BCUT2D eigenvalue weighted by Gasteiger charge is -2.25. The lowest BCUT2D eigenvalue weighted by molar-refractivity contribution is 0.396. The Bertz CT molecular complexity index is 563. The standard InChI is InChI=1S/C12H17N3O2S/c1-9(8-13)18(16,17)15(3)10(2)11-5-4-6-12(14)7-11/h4-7,9-10H,14H2,1-3H3. The summed E-state index contributed by atoms with van der Waals surface area (Å²) in [7, 11) is -2.15. The highest BCUT2D eigenvalue weighted by Crippen LogP contribution is 2.24. The van der Waals surface area contributed by atoms with Crippen LogP contribution >= 0.6 is 0 Å². The first kappa shape index (κ1) is 14.5. The van der Waals surface area contributed by atoms with Crippen LogP contribution in [-0.2, 0) is 10.0 Å². The Morgan fingerprint density at radius 1 is 1.39 bits per heavy atom. The van der Waals surface area contributed by atoms with Crippen molar-refractivity contribution in [1.82, 2.24) is 4.31 Å². The number of benzene rings is 1. The predicted molar refractivity (Wildman–Crippen MR) is 71.0 cm³/mol. The second kappa shape index (κ2) is 5.38. The Balaban J connectivity index is 3.06. The Morgan fingerprint density at radius 3 is 2.50 bits per heavy atom. The number of nitrogen functional groups attached to an aromatic ring is 1. The summed E-state index contributed by atoms with van der Waals surface area (Å²) in [4.78, 5) is 0. The Labute approximate surface area is 108 Å². The third-order valence-electron chi connectivity index (χ3n) is 2.97. The van der Waals surface area contributed by atoms with E-state index < -0.39 is 15.3 Å². The molecule has 6 heteroatoms. The number of hydrogen-bond acceptors (Lipinski definition) is 4. The second-order valence-electron chi connectivity index (χ2n) is 4.18. The van der Waals surface area contributed by atoms with Crippen LogP contribution in [0.15, 0.2) is 24.3 Å². The number of sulfonamides is 1. The van der Waals surface area contributed by atoms with Crippen LogP contribution < -0.4 is 5.73 Å². The lowest BCUT2D eigenvalue weighted by atomic mass is 10.1. The molecule has 2 atom stereocenters. The summed E-state index contributed by atoms with van der Waals surface area (Å²) in [5.74, 6) is 0. The number of rotatable bonds is 4. The van der Waals surface area contributed by atoms with Crippen molar-refractivity contribution in [2.45, 2.75) is 25.1 Å². The number of nitrogens with two attached hydrogens (primary N) is 1. The maximum Gasteiger partial charge on any atom is 0.230 e. The molecule has 0 aliphatic carbocycles. The third-order valence-corrected chi connectivity index (χ3v) is 5.09. The van der Waals surface area contributed by atoms with Crippen molar-refractivity contribution in [3.05, 3.63) is 29.8 Å². The molecule has 0 aliphatic heterocycles. The van der Waals surface area contributed by atoms with Gasteiger partial charge in [0.2, 0.25) is 10.0 Å². The molecule has 0 bridgehead atoms. The smallest absolute Gasteiger partial charge is 0.230 e. The number of hydrogen-bond donors (Lipinski definition) is 1. The van der Waals surface area contributed by atoms with Gasteiger partial charge in [0.15, 0.2) is 5.25 Å². The molecule has 0 heterocycles. The minimum Gasteiger partial charge on any atom is -0.399 e. The zero-order valence-electron chi connectivity index (χ0n) is 10.7. The van der Waals surface area contributed by atoms with Gasteiger partial charge < -0.3 is 5.73 Å². The molecule has 0 fully saturated rings. The normalized spacial score (nSPS) is 15.1. The summed E-state index contributed by atoms with van der Waals surface area (Å²) in [5, 5.41) is 7.68. The molecule has 0 aliphatic rings. The van der Waals surface area contributed by atoms with E-state index in [1.54, 1.807) is 31.2 Å². The quantitative estimate of drug-likeness (QED) is 0.837. The van der Waals surface area contributed by atoms with E-state index in [1.807, 2.05) is 6.07 Å². The van der Waals surface area contributed by atoms with Crippen LogP contribution in [0.4, 0.5) is 5.69 Å². The molecule has 0 spiro atoms. The van der Waals surface area contributed by atoms with Gasteiger partial charge in [-0.05, 0) is 31.5 Å². The van der Waals surface area contributed by atoms with Crippen molar-refractivity contribution in [2.24, 2.45) is 0 Å². The first-order chi connectivity index (χ1) is 8.30. The molecule has 0 radical (unpaired) electrons. The van der Waals surface area contributed by atoms with Crippen molar-refractivity contribution in [3.63, 3.8) is 0 Å². The average molecular weight is 267 g/mol. The Kier molecular flexibility index (Phi) is 4.33. The van der Waals surface area contributed by atoms with Gasteiger partial charge in [-0.1, -0.05) is 12.1 Å². The Hall–Kier alpha value is -1.58. The van der Waals surface area contributed by atoms with Gasteiger partial charge in [-0.2, -0.15) is 9.57 Å². The molecule has 1 aromatic rings. The fourth-order valence-corrected chi connectivity index (χ4v) is 2.76. The summed E-state index contributed by atoms with van der Waals surface area (Å²) in [6, 6.07) is 8.43. The van der Waals surface area contributed by atoms with Crippen molar-refractivity contribution in [1.29, 1.82) is 5.26 Å². The molecule has 5 nitrogen and oxygen atoms in total. The van der Waals surface area contributed by atoms with Crippen molar-refractivity contribution < 1.29 is 8.42 Å². The van der Waals surface area contributed by atoms with Crippen LogP contribution in [0.25, 0.3) is 0 Å². The topological polar surface area (TPSA) is 87.2 Å². The zero-order valence-corrected chi connectivity index (χ0v) is 11.5. The molecule has 0 saturated heterocycles. The molecule has 18 heavy (non-hydrogen) atoms. The van der Waals surface area contributed by atoms with Gasteiger partial charge in [0.05, 0.1) is 6.07 Å². The van der Waals surface area contributed by atoms with Crippen LogP contribution in [0.3, 0.4) is 0 Å². The SMILES string of the molecule is CC(c1cccc(N)c1)N(C)S(=O)(=O)C(C)C#N. The van der Waals surface area contributed by atoms with Gasteiger partial charge >= 0.3 is 0 Å². The largest absolute Gasteiger partial charge is 0.399 e. The molecule has 2 N–H and O–H groups in total. The number of anilines is 1. The minimum absolute atomic E-state index is 0.366. The molecular weight excluding hydrogens is 250 g/mol. The summed E-state index contributed by atoms with van der Waals surface area (Å²) >= 11 is 0. The number of nitrogens with zero attached hydrogens (tertiary/aromatic N) is 2. The van der Waals surface area contributed by atoms with Crippen molar-refractivity contribution in [3.8, 4) is 6.07 Å². The van der Waals surface area contributed by atoms with Crippen LogP contribution in [0, 0.1) is 11.3 Å². The predicted octanol–water partition coefficient (Wildman–Crippen LogP) is 1.50. The maximum atomic E-state index is 12.0. The molecule has 1 aromatic carbocycles. The van der Waals surface area contributed by atoms with Crippen molar-refractivity contribution >= 4 is 15.7 Å². The van der Waals surface area contributed by atoms with E-state index in [0.717, 1.165) is 5.56 Å². The average Bonchev–Trinajstić information content (AvgIpc) is 2.35. The van der Waals surface area contributed by atoms with Crippen LogP contribution in [0.5, 0.6) is 0 Å². The highest BCUT2D eigenvalue weighted by molar-refractivity contribution is 7.89. The highest BCUT2D eigenvalue weighted by atomic mass is 32.2. The molecule has 0 saturated carbocycles. The van der Waals surface area contributed by atoms with Gasteiger partial charge in [0.25, 0.3) is 0 Å². The Morgan fingerprint density at radius 2 is 2.00 bits per heavy atom. The molecular formula is C12H17N3O2S. The van der Waals surface area contributed by atoms with Crippen LogP contribution in [0.1, 0.15) is 25.5 Å². The highest BCUT2D eigenvalue weighted by Gasteiger charge is 2.29. The van der Waals surface area contributed by atoms with E-state index in [0.29, 0.717) is 5.69 Å². The van der Waals surface area contributed by atoms with Gasteiger partial charge in [0, 0.05) is 18.8 Å².